The van der Waals surface area contributed by atoms with E-state index in [0.717, 1.165) is 48.6 Å². The van der Waals surface area contributed by atoms with Gasteiger partial charge >= 0.3 is 0 Å². The Labute approximate surface area is 209 Å². The molecule has 1 atom stereocenters. The fraction of sp³-hybridized carbons (Fsp3) is 0.462. The van der Waals surface area contributed by atoms with Crippen LogP contribution in [-0.4, -0.2) is 75.8 Å². The Morgan fingerprint density at radius 2 is 1.86 bits per heavy atom. The van der Waals surface area contributed by atoms with Gasteiger partial charge in [0, 0.05) is 38.0 Å². The van der Waals surface area contributed by atoms with Crippen molar-refractivity contribution < 1.29 is 14.3 Å². The van der Waals surface area contributed by atoms with Crippen LogP contribution in [-0.2, 0) is 4.74 Å². The van der Waals surface area contributed by atoms with Crippen molar-refractivity contribution >= 4 is 23.2 Å². The molecule has 0 aliphatic carbocycles. The number of hydrogen-bond donors (Lipinski definition) is 0. The SMILES string of the molecule is COCC1CCCN1C(=O)c1csc(C2CCN(C(=O)c3cnn(-c4ccccc4)c3C)CC2)n1. The Hall–Kier alpha value is -3.04. The number of carbonyl (C=O) groups excluding carboxylic acids is 2. The van der Waals surface area contributed by atoms with Crippen molar-refractivity contribution in [1.82, 2.24) is 24.6 Å². The number of rotatable bonds is 6. The minimum Gasteiger partial charge on any atom is -0.383 e. The van der Waals surface area contributed by atoms with Crippen molar-refractivity contribution in [3.05, 3.63) is 63.9 Å². The molecule has 1 unspecified atom stereocenters. The van der Waals surface area contributed by atoms with Gasteiger partial charge in [0.25, 0.3) is 11.8 Å². The van der Waals surface area contributed by atoms with Crippen LogP contribution < -0.4 is 0 Å². The Balaban J connectivity index is 1.21. The highest BCUT2D eigenvalue weighted by molar-refractivity contribution is 7.09. The summed E-state index contributed by atoms with van der Waals surface area (Å²) in [5.74, 6) is 0.300. The number of piperidine rings is 1. The molecular weight excluding hydrogens is 462 g/mol. The number of hydrogen-bond acceptors (Lipinski definition) is 6. The first kappa shape index (κ1) is 23.7. The highest BCUT2D eigenvalue weighted by atomic mass is 32.1. The summed E-state index contributed by atoms with van der Waals surface area (Å²) in [6, 6.07) is 9.99. The topological polar surface area (TPSA) is 80.6 Å². The molecule has 9 heteroatoms. The monoisotopic (exact) mass is 493 g/mol. The number of thiazole rings is 1. The molecule has 8 nitrogen and oxygen atoms in total. The third-order valence-corrected chi connectivity index (χ3v) is 8.12. The zero-order valence-corrected chi connectivity index (χ0v) is 21.0. The summed E-state index contributed by atoms with van der Waals surface area (Å²) in [5, 5.41) is 7.33. The molecule has 1 aromatic carbocycles. The van der Waals surface area contributed by atoms with E-state index in [1.807, 2.05) is 57.1 Å². The second kappa shape index (κ2) is 10.3. The zero-order valence-electron chi connectivity index (χ0n) is 20.2. The highest BCUT2D eigenvalue weighted by Crippen LogP contribution is 2.32. The molecule has 2 aliphatic rings. The maximum absolute atomic E-state index is 13.2. The van der Waals surface area contributed by atoms with Crippen LogP contribution in [0.1, 0.15) is 63.1 Å². The Kier molecular flexibility index (Phi) is 6.97. The molecule has 4 heterocycles. The van der Waals surface area contributed by atoms with Crippen molar-refractivity contribution in [2.24, 2.45) is 0 Å². The van der Waals surface area contributed by atoms with E-state index in [-0.39, 0.29) is 23.8 Å². The lowest BCUT2D eigenvalue weighted by Crippen LogP contribution is -2.38. The predicted molar refractivity (Wildman–Crippen MR) is 134 cm³/mol. The molecule has 5 rings (SSSR count). The first-order valence-corrected chi connectivity index (χ1v) is 13.1. The van der Waals surface area contributed by atoms with E-state index in [0.29, 0.717) is 31.0 Å². The van der Waals surface area contributed by atoms with Crippen LogP contribution in [0, 0.1) is 6.92 Å². The second-order valence-corrected chi connectivity index (χ2v) is 10.2. The smallest absolute Gasteiger partial charge is 0.273 e. The molecule has 0 N–H and O–H groups in total. The number of methoxy groups -OCH3 is 1. The van der Waals surface area contributed by atoms with Crippen LogP contribution in [0.15, 0.2) is 41.9 Å². The molecule has 35 heavy (non-hydrogen) atoms. The second-order valence-electron chi connectivity index (χ2n) is 9.28. The summed E-state index contributed by atoms with van der Waals surface area (Å²) in [6.45, 7) is 4.61. The van der Waals surface area contributed by atoms with Crippen molar-refractivity contribution in [2.45, 2.75) is 44.6 Å². The number of para-hydroxylation sites is 1. The molecule has 184 valence electrons. The van der Waals surface area contributed by atoms with Crippen LogP contribution >= 0.6 is 11.3 Å². The van der Waals surface area contributed by atoms with E-state index in [1.165, 1.54) is 0 Å². The van der Waals surface area contributed by atoms with Gasteiger partial charge in [0.05, 0.1) is 40.8 Å². The molecule has 0 radical (unpaired) electrons. The predicted octanol–water partition coefficient (Wildman–Crippen LogP) is 3.91. The third-order valence-electron chi connectivity index (χ3n) is 7.11. The Bertz CT molecular complexity index is 1180. The van der Waals surface area contributed by atoms with Gasteiger partial charge in [0.2, 0.25) is 0 Å². The third kappa shape index (κ3) is 4.75. The maximum atomic E-state index is 13.2. The van der Waals surface area contributed by atoms with Gasteiger partial charge in [-0.25, -0.2) is 9.67 Å². The van der Waals surface area contributed by atoms with Crippen LogP contribution in [0.3, 0.4) is 0 Å². The number of carbonyl (C=O) groups is 2. The van der Waals surface area contributed by atoms with Crippen LogP contribution in [0.2, 0.25) is 0 Å². The molecule has 0 saturated carbocycles. The molecule has 3 aromatic rings. The van der Waals surface area contributed by atoms with E-state index < -0.39 is 0 Å². The maximum Gasteiger partial charge on any atom is 0.273 e. The summed E-state index contributed by atoms with van der Waals surface area (Å²) in [7, 11) is 1.68. The van der Waals surface area contributed by atoms with Crippen molar-refractivity contribution in [3.63, 3.8) is 0 Å². The number of benzene rings is 1. The van der Waals surface area contributed by atoms with Crippen LogP contribution in [0.4, 0.5) is 0 Å². The number of aromatic nitrogens is 3. The number of nitrogens with zero attached hydrogens (tertiary/aromatic N) is 5. The fourth-order valence-electron chi connectivity index (χ4n) is 5.14. The van der Waals surface area contributed by atoms with Gasteiger partial charge in [-0.1, -0.05) is 18.2 Å². The van der Waals surface area contributed by atoms with E-state index >= 15 is 0 Å². The van der Waals surface area contributed by atoms with Crippen LogP contribution in [0.25, 0.3) is 5.69 Å². The van der Waals surface area contributed by atoms with E-state index in [4.69, 9.17) is 9.72 Å². The van der Waals surface area contributed by atoms with Gasteiger partial charge in [0.15, 0.2) is 0 Å². The summed E-state index contributed by atoms with van der Waals surface area (Å²) in [6.07, 6.45) is 5.34. The standard InChI is InChI=1S/C26H31N5O3S/c1-18-22(15-27-31(18)20-7-4-3-5-8-20)25(32)29-13-10-19(11-14-29)24-28-23(17-35-24)26(33)30-12-6-9-21(30)16-34-2/h3-5,7-8,15,17,19,21H,6,9-14,16H2,1-2H3. The van der Waals surface area contributed by atoms with Gasteiger partial charge in [0.1, 0.15) is 5.69 Å². The molecule has 2 saturated heterocycles. The Morgan fingerprint density at radius 1 is 1.09 bits per heavy atom. The fourth-order valence-corrected chi connectivity index (χ4v) is 6.10. The van der Waals surface area contributed by atoms with E-state index in [1.54, 1.807) is 24.6 Å². The van der Waals surface area contributed by atoms with Gasteiger partial charge in [-0.2, -0.15) is 5.10 Å². The first-order valence-electron chi connectivity index (χ1n) is 12.2. The summed E-state index contributed by atoms with van der Waals surface area (Å²) >= 11 is 1.56. The van der Waals surface area contributed by atoms with E-state index in [9.17, 15) is 9.59 Å². The van der Waals surface area contributed by atoms with Crippen LogP contribution in [0.5, 0.6) is 0 Å². The number of ether oxygens (including phenoxy) is 1. The largest absolute Gasteiger partial charge is 0.383 e. The average molecular weight is 494 g/mol. The molecule has 0 bridgehead atoms. The molecule has 2 amide bonds. The van der Waals surface area contributed by atoms with E-state index in [2.05, 4.69) is 5.10 Å². The lowest BCUT2D eigenvalue weighted by atomic mass is 9.97. The first-order chi connectivity index (χ1) is 17.1. The van der Waals surface area contributed by atoms with Crippen molar-refractivity contribution in [3.8, 4) is 5.69 Å². The minimum absolute atomic E-state index is 0.00515. The quantitative estimate of drug-likeness (QED) is 0.520. The number of amides is 2. The summed E-state index contributed by atoms with van der Waals surface area (Å²) in [5.41, 5.74) is 2.97. The lowest BCUT2D eigenvalue weighted by molar-refractivity contribution is 0.0625. The zero-order chi connectivity index (χ0) is 24.4. The normalized spacial score (nSPS) is 18.9. The van der Waals surface area contributed by atoms with Crippen molar-refractivity contribution in [1.29, 1.82) is 0 Å². The summed E-state index contributed by atoms with van der Waals surface area (Å²) in [4.78, 5) is 34.8. The highest BCUT2D eigenvalue weighted by Gasteiger charge is 2.32. The molecule has 0 spiro atoms. The summed E-state index contributed by atoms with van der Waals surface area (Å²) < 4.78 is 7.10. The van der Waals surface area contributed by atoms with Gasteiger partial charge < -0.3 is 14.5 Å². The van der Waals surface area contributed by atoms with Gasteiger partial charge in [-0.15, -0.1) is 11.3 Å². The molecular formula is C26H31N5O3S. The lowest BCUT2D eigenvalue weighted by Gasteiger charge is -2.31. The van der Waals surface area contributed by atoms with Gasteiger partial charge in [-0.05, 0) is 44.7 Å². The molecule has 2 aromatic heterocycles. The minimum atomic E-state index is 0.00515. The van der Waals surface area contributed by atoms with Gasteiger partial charge in [-0.3, -0.25) is 9.59 Å². The van der Waals surface area contributed by atoms with Crippen molar-refractivity contribution in [2.75, 3.05) is 33.4 Å². The average Bonchev–Trinajstić information content (AvgIpc) is 3.64. The Morgan fingerprint density at radius 3 is 2.60 bits per heavy atom. The molecule has 2 aliphatic heterocycles. The number of likely N-dealkylation sites (tertiary alicyclic amines) is 2. The molecule has 2 fully saturated rings.